The molecule has 2 aromatic carbocycles. The van der Waals surface area contributed by atoms with E-state index in [1.807, 2.05) is 44.2 Å². The Morgan fingerprint density at radius 1 is 1.03 bits per heavy atom. The highest BCUT2D eigenvalue weighted by molar-refractivity contribution is 5.87. The summed E-state index contributed by atoms with van der Waals surface area (Å²) in [6.07, 6.45) is 0.897. The van der Waals surface area contributed by atoms with Crippen molar-refractivity contribution >= 4 is 18.3 Å². The van der Waals surface area contributed by atoms with Crippen LogP contribution in [0.15, 0.2) is 54.6 Å². The van der Waals surface area contributed by atoms with Gasteiger partial charge in [-0.25, -0.2) is 4.79 Å². The molecule has 0 fully saturated rings. The van der Waals surface area contributed by atoms with Gasteiger partial charge in [-0.1, -0.05) is 62.7 Å². The fourth-order valence-electron chi connectivity index (χ4n) is 2.89. The summed E-state index contributed by atoms with van der Waals surface area (Å²) < 4.78 is 5.22. The summed E-state index contributed by atoms with van der Waals surface area (Å²) in [5.41, 5.74) is 1.63. The Kier molecular flexibility index (Phi) is 8.87. The van der Waals surface area contributed by atoms with Crippen LogP contribution in [0.3, 0.4) is 0 Å². The molecule has 0 aliphatic heterocycles. The molecule has 2 amide bonds. The molecule has 30 heavy (non-hydrogen) atoms. The molecule has 0 heterocycles. The minimum absolute atomic E-state index is 0.0966. The van der Waals surface area contributed by atoms with Gasteiger partial charge in [0.05, 0.1) is 6.04 Å². The number of phenols is 1. The Labute approximate surface area is 176 Å². The van der Waals surface area contributed by atoms with Gasteiger partial charge in [0.15, 0.2) is 0 Å². The number of ether oxygens (including phenoxy) is 1. The minimum Gasteiger partial charge on any atom is -0.508 e. The predicted molar refractivity (Wildman–Crippen MR) is 113 cm³/mol. The SMILES string of the molecule is CCC(C)[C@H](NC(=O)OCc1ccccc1)C(=O)N[C@H](C=O)Cc1ccc(O)cc1. The molecule has 7 nitrogen and oxygen atoms in total. The van der Waals surface area contributed by atoms with Crippen molar-refractivity contribution in [3.8, 4) is 5.75 Å². The number of hydrogen-bond acceptors (Lipinski definition) is 5. The van der Waals surface area contributed by atoms with Crippen LogP contribution in [0.1, 0.15) is 31.4 Å². The molecule has 160 valence electrons. The Hall–Kier alpha value is -3.35. The second-order valence-corrected chi connectivity index (χ2v) is 7.19. The second-order valence-electron chi connectivity index (χ2n) is 7.19. The van der Waals surface area contributed by atoms with Crippen molar-refractivity contribution in [2.24, 2.45) is 5.92 Å². The van der Waals surface area contributed by atoms with Crippen molar-refractivity contribution in [2.45, 2.75) is 45.4 Å². The number of hydrogen-bond donors (Lipinski definition) is 3. The van der Waals surface area contributed by atoms with Crippen LogP contribution in [0.4, 0.5) is 4.79 Å². The fourth-order valence-corrected chi connectivity index (χ4v) is 2.89. The van der Waals surface area contributed by atoms with Crippen molar-refractivity contribution in [3.63, 3.8) is 0 Å². The van der Waals surface area contributed by atoms with E-state index in [0.29, 0.717) is 12.7 Å². The summed E-state index contributed by atoms with van der Waals surface area (Å²) >= 11 is 0. The van der Waals surface area contributed by atoms with Crippen LogP contribution in [0, 0.1) is 5.92 Å². The topological polar surface area (TPSA) is 105 Å². The third-order valence-electron chi connectivity index (χ3n) is 4.87. The highest BCUT2D eigenvalue weighted by Crippen LogP contribution is 2.12. The zero-order chi connectivity index (χ0) is 21.9. The van der Waals surface area contributed by atoms with Gasteiger partial charge in [0.2, 0.25) is 5.91 Å². The van der Waals surface area contributed by atoms with E-state index in [2.05, 4.69) is 10.6 Å². The summed E-state index contributed by atoms with van der Waals surface area (Å²) in [5, 5.41) is 14.7. The zero-order valence-corrected chi connectivity index (χ0v) is 17.2. The smallest absolute Gasteiger partial charge is 0.408 e. The Morgan fingerprint density at radius 3 is 2.30 bits per heavy atom. The monoisotopic (exact) mass is 412 g/mol. The first-order valence-corrected chi connectivity index (χ1v) is 9.93. The number of rotatable bonds is 10. The predicted octanol–water partition coefficient (Wildman–Crippen LogP) is 2.96. The molecule has 0 aromatic heterocycles. The molecule has 2 rings (SSSR count). The maximum atomic E-state index is 12.8. The maximum Gasteiger partial charge on any atom is 0.408 e. The van der Waals surface area contributed by atoms with Gasteiger partial charge in [0.25, 0.3) is 0 Å². The average molecular weight is 412 g/mol. The summed E-state index contributed by atoms with van der Waals surface area (Å²) in [4.78, 5) is 36.5. The lowest BCUT2D eigenvalue weighted by Gasteiger charge is -2.25. The standard InChI is InChI=1S/C23H28N2O5/c1-3-16(2)21(25-23(29)30-15-18-7-5-4-6-8-18)22(28)24-19(14-26)13-17-9-11-20(27)12-10-17/h4-12,14,16,19,21,27H,3,13,15H2,1-2H3,(H,24,28)(H,25,29)/t16?,19-,21-/m0/s1. The van der Waals surface area contributed by atoms with E-state index in [4.69, 9.17) is 4.74 Å². The third-order valence-corrected chi connectivity index (χ3v) is 4.87. The van der Waals surface area contributed by atoms with E-state index in [-0.39, 0.29) is 24.7 Å². The number of carbonyl (C=O) groups excluding carboxylic acids is 3. The van der Waals surface area contributed by atoms with Crippen LogP contribution in [-0.4, -0.2) is 35.5 Å². The van der Waals surface area contributed by atoms with Gasteiger partial charge in [-0.05, 0) is 35.6 Å². The molecule has 0 bridgehead atoms. The van der Waals surface area contributed by atoms with E-state index in [1.54, 1.807) is 12.1 Å². The van der Waals surface area contributed by atoms with Crippen LogP contribution < -0.4 is 10.6 Å². The van der Waals surface area contributed by atoms with Gasteiger partial charge < -0.3 is 25.3 Å². The van der Waals surface area contributed by atoms with E-state index in [1.165, 1.54) is 12.1 Å². The lowest BCUT2D eigenvalue weighted by molar-refractivity contribution is -0.126. The average Bonchev–Trinajstić information content (AvgIpc) is 2.77. The van der Waals surface area contributed by atoms with Crippen LogP contribution in [0.5, 0.6) is 5.75 Å². The first kappa shape index (κ1) is 22.9. The number of carbonyl (C=O) groups is 3. The quantitative estimate of drug-likeness (QED) is 0.521. The summed E-state index contributed by atoms with van der Waals surface area (Å²) in [6, 6.07) is 14.1. The number of alkyl carbamates (subject to hydrolysis) is 1. The lowest BCUT2D eigenvalue weighted by atomic mass is 9.97. The van der Waals surface area contributed by atoms with E-state index < -0.39 is 24.1 Å². The lowest BCUT2D eigenvalue weighted by Crippen LogP contribution is -2.53. The number of benzene rings is 2. The molecule has 0 aliphatic rings. The van der Waals surface area contributed by atoms with Crippen LogP contribution in [0.2, 0.25) is 0 Å². The summed E-state index contributed by atoms with van der Waals surface area (Å²) in [7, 11) is 0. The van der Waals surface area contributed by atoms with Gasteiger partial charge in [-0.2, -0.15) is 0 Å². The first-order chi connectivity index (χ1) is 14.4. The van der Waals surface area contributed by atoms with Crippen molar-refractivity contribution in [2.75, 3.05) is 0 Å². The molecule has 0 radical (unpaired) electrons. The molecule has 0 saturated carbocycles. The van der Waals surface area contributed by atoms with E-state index >= 15 is 0 Å². The molecule has 1 unspecified atom stereocenters. The normalized spacial score (nSPS) is 13.5. The fraction of sp³-hybridized carbons (Fsp3) is 0.348. The van der Waals surface area contributed by atoms with Crippen molar-refractivity contribution in [1.82, 2.24) is 10.6 Å². The number of nitrogens with one attached hydrogen (secondary N) is 2. The molecule has 3 N–H and O–H groups in total. The largest absolute Gasteiger partial charge is 0.508 e. The molecule has 3 atom stereocenters. The number of aromatic hydroxyl groups is 1. The maximum absolute atomic E-state index is 12.8. The number of amides is 2. The van der Waals surface area contributed by atoms with Crippen LogP contribution in [0.25, 0.3) is 0 Å². The summed E-state index contributed by atoms with van der Waals surface area (Å²) in [5.74, 6) is -0.479. The Balaban J connectivity index is 1.96. The molecular weight excluding hydrogens is 384 g/mol. The molecule has 0 saturated heterocycles. The number of phenolic OH excluding ortho intramolecular Hbond substituents is 1. The van der Waals surface area contributed by atoms with Crippen molar-refractivity contribution in [1.29, 1.82) is 0 Å². The van der Waals surface area contributed by atoms with Crippen LogP contribution >= 0.6 is 0 Å². The highest BCUT2D eigenvalue weighted by Gasteiger charge is 2.28. The van der Waals surface area contributed by atoms with Gasteiger partial charge in [-0.15, -0.1) is 0 Å². The molecule has 0 spiro atoms. The number of aldehydes is 1. The third kappa shape index (κ3) is 7.24. The Morgan fingerprint density at radius 2 is 1.70 bits per heavy atom. The highest BCUT2D eigenvalue weighted by atomic mass is 16.5. The van der Waals surface area contributed by atoms with Gasteiger partial charge >= 0.3 is 6.09 Å². The minimum atomic E-state index is -0.833. The van der Waals surface area contributed by atoms with E-state index in [9.17, 15) is 19.5 Å². The van der Waals surface area contributed by atoms with Crippen molar-refractivity contribution < 1.29 is 24.2 Å². The Bertz CT molecular complexity index is 823. The second kappa shape index (κ2) is 11.6. The zero-order valence-electron chi connectivity index (χ0n) is 17.2. The molecule has 2 aromatic rings. The van der Waals surface area contributed by atoms with Crippen molar-refractivity contribution in [3.05, 3.63) is 65.7 Å². The molecular formula is C23H28N2O5. The molecule has 0 aliphatic carbocycles. The molecule has 7 heteroatoms. The van der Waals surface area contributed by atoms with E-state index in [0.717, 1.165) is 11.1 Å². The summed E-state index contributed by atoms with van der Waals surface area (Å²) in [6.45, 7) is 3.85. The van der Waals surface area contributed by atoms with Gasteiger partial charge in [-0.3, -0.25) is 4.79 Å². The first-order valence-electron chi connectivity index (χ1n) is 9.93. The van der Waals surface area contributed by atoms with Gasteiger partial charge in [0, 0.05) is 0 Å². The van der Waals surface area contributed by atoms with Crippen LogP contribution in [-0.2, 0) is 27.4 Å². The van der Waals surface area contributed by atoms with Gasteiger partial charge in [0.1, 0.15) is 24.7 Å².